The van der Waals surface area contributed by atoms with Crippen LogP contribution in [0.2, 0.25) is 0 Å². The van der Waals surface area contributed by atoms with Gasteiger partial charge >= 0.3 is 0 Å². The molecule has 1 aliphatic rings. The molecule has 5 heteroatoms. The van der Waals surface area contributed by atoms with Crippen LogP contribution in [0.15, 0.2) is 0 Å². The molecule has 1 saturated heterocycles. The summed E-state index contributed by atoms with van der Waals surface area (Å²) >= 11 is 0. The predicted octanol–water partition coefficient (Wildman–Crippen LogP) is 1.11. The van der Waals surface area contributed by atoms with E-state index in [4.69, 9.17) is 0 Å². The van der Waals surface area contributed by atoms with Gasteiger partial charge in [-0.1, -0.05) is 13.8 Å². The van der Waals surface area contributed by atoms with E-state index in [2.05, 4.69) is 4.90 Å². The number of carbonyl (C=O) groups is 1. The van der Waals surface area contributed by atoms with Crippen LogP contribution in [0.25, 0.3) is 0 Å². The zero-order chi connectivity index (χ0) is 12.9. The molecule has 0 saturated carbocycles. The summed E-state index contributed by atoms with van der Waals surface area (Å²) in [4.78, 5) is 13.6. The monoisotopic (exact) mass is 261 g/mol. The molecule has 100 valence electrons. The van der Waals surface area contributed by atoms with E-state index in [0.29, 0.717) is 25.2 Å². The molecule has 0 aromatic heterocycles. The third-order valence-corrected chi connectivity index (χ3v) is 5.17. The van der Waals surface area contributed by atoms with Crippen LogP contribution in [-0.4, -0.2) is 50.2 Å². The molecule has 0 bridgehead atoms. The average molecular weight is 261 g/mol. The molecule has 1 fully saturated rings. The zero-order valence-corrected chi connectivity index (χ0v) is 11.6. The van der Waals surface area contributed by atoms with Crippen LogP contribution in [0, 0.1) is 5.92 Å². The summed E-state index contributed by atoms with van der Waals surface area (Å²) in [5, 5.41) is 0. The quantitative estimate of drug-likeness (QED) is 0.719. The lowest BCUT2D eigenvalue weighted by atomic mass is 9.94. The Morgan fingerprint density at radius 1 is 1.29 bits per heavy atom. The van der Waals surface area contributed by atoms with Crippen LogP contribution in [0.4, 0.5) is 0 Å². The zero-order valence-electron chi connectivity index (χ0n) is 10.8. The smallest absolute Gasteiger partial charge is 0.151 e. The number of Topliss-reactive ketones (excluding diaryl/α,β-unsaturated/α-hetero) is 1. The molecule has 1 heterocycles. The molecule has 0 aliphatic carbocycles. The van der Waals surface area contributed by atoms with Gasteiger partial charge in [0.1, 0.15) is 5.78 Å². The summed E-state index contributed by atoms with van der Waals surface area (Å²) in [7, 11) is -2.90. The van der Waals surface area contributed by atoms with Gasteiger partial charge in [0.15, 0.2) is 9.84 Å². The molecule has 17 heavy (non-hydrogen) atoms. The summed E-state index contributed by atoms with van der Waals surface area (Å²) in [6.07, 6.45) is 2.11. The van der Waals surface area contributed by atoms with Crippen molar-refractivity contribution in [1.29, 1.82) is 0 Å². The Bertz CT molecular complexity index is 351. The minimum atomic E-state index is -2.90. The fourth-order valence-corrected chi connectivity index (χ4v) is 3.58. The Hall–Kier alpha value is -0.420. The Kier molecular flexibility index (Phi) is 5.59. The van der Waals surface area contributed by atoms with Crippen LogP contribution < -0.4 is 0 Å². The molecule has 0 radical (unpaired) electrons. The van der Waals surface area contributed by atoms with Crippen molar-refractivity contribution in [1.82, 2.24) is 4.90 Å². The van der Waals surface area contributed by atoms with E-state index in [0.717, 1.165) is 19.5 Å². The molecule has 1 unspecified atom stereocenters. The normalized spacial score (nSPS) is 22.9. The lowest BCUT2D eigenvalue weighted by Crippen LogP contribution is -2.42. The molecule has 1 atom stereocenters. The first-order chi connectivity index (χ1) is 7.98. The fourth-order valence-electron chi connectivity index (χ4n) is 2.22. The van der Waals surface area contributed by atoms with Gasteiger partial charge in [-0.3, -0.25) is 4.79 Å². The van der Waals surface area contributed by atoms with Crippen molar-refractivity contribution < 1.29 is 13.2 Å². The van der Waals surface area contributed by atoms with Crippen molar-refractivity contribution in [2.45, 2.75) is 33.1 Å². The van der Waals surface area contributed by atoms with Crippen LogP contribution in [-0.2, 0) is 14.6 Å². The summed E-state index contributed by atoms with van der Waals surface area (Å²) < 4.78 is 23.2. The van der Waals surface area contributed by atoms with Gasteiger partial charge in [0.05, 0.1) is 5.75 Å². The van der Waals surface area contributed by atoms with Gasteiger partial charge in [-0.25, -0.2) is 8.42 Å². The van der Waals surface area contributed by atoms with Crippen LogP contribution in [0.1, 0.15) is 33.1 Å². The van der Waals surface area contributed by atoms with E-state index >= 15 is 0 Å². The number of rotatable bonds is 6. The van der Waals surface area contributed by atoms with Crippen molar-refractivity contribution in [3.05, 3.63) is 0 Å². The van der Waals surface area contributed by atoms with Crippen LogP contribution >= 0.6 is 0 Å². The third-order valence-electron chi connectivity index (χ3n) is 3.33. The highest BCUT2D eigenvalue weighted by atomic mass is 32.2. The summed E-state index contributed by atoms with van der Waals surface area (Å²) in [5.41, 5.74) is 0. The standard InChI is InChI=1S/C12H23NO3S/c1-3-8-17(15,16)9-7-13-6-5-12(14)11(4-2)10-13/h11H,3-10H2,1-2H3. The van der Waals surface area contributed by atoms with Gasteiger partial charge < -0.3 is 4.90 Å². The van der Waals surface area contributed by atoms with Crippen LogP contribution in [0.3, 0.4) is 0 Å². The number of hydrogen-bond acceptors (Lipinski definition) is 4. The Morgan fingerprint density at radius 2 is 2.00 bits per heavy atom. The molecule has 0 aromatic carbocycles. The largest absolute Gasteiger partial charge is 0.301 e. The second-order valence-electron chi connectivity index (χ2n) is 4.77. The molecular formula is C12H23NO3S. The average Bonchev–Trinajstić information content (AvgIpc) is 2.28. The van der Waals surface area contributed by atoms with Crippen molar-refractivity contribution in [3.8, 4) is 0 Å². The highest BCUT2D eigenvalue weighted by Gasteiger charge is 2.26. The third kappa shape index (κ3) is 4.76. The lowest BCUT2D eigenvalue weighted by Gasteiger charge is -2.31. The maximum Gasteiger partial charge on any atom is 0.151 e. The molecule has 4 nitrogen and oxygen atoms in total. The van der Waals surface area contributed by atoms with Gasteiger partial charge in [0, 0.05) is 37.7 Å². The van der Waals surface area contributed by atoms with E-state index in [-0.39, 0.29) is 17.4 Å². The Balaban J connectivity index is 2.41. The predicted molar refractivity (Wildman–Crippen MR) is 68.8 cm³/mol. The summed E-state index contributed by atoms with van der Waals surface area (Å²) in [5.74, 6) is 0.945. The van der Waals surface area contributed by atoms with Crippen LogP contribution in [0.5, 0.6) is 0 Å². The fraction of sp³-hybridized carbons (Fsp3) is 0.917. The highest BCUT2D eigenvalue weighted by Crippen LogP contribution is 2.15. The van der Waals surface area contributed by atoms with Gasteiger partial charge in [0.2, 0.25) is 0 Å². The SMILES string of the molecule is CCCS(=O)(=O)CCN1CCC(=O)C(CC)C1. The Labute approximate surface area is 104 Å². The minimum Gasteiger partial charge on any atom is -0.301 e. The van der Waals surface area contributed by atoms with E-state index in [1.54, 1.807) is 0 Å². The summed E-state index contributed by atoms with van der Waals surface area (Å²) in [6.45, 7) is 5.92. The number of piperidine rings is 1. The molecule has 0 N–H and O–H groups in total. The van der Waals surface area contributed by atoms with E-state index in [1.807, 2.05) is 13.8 Å². The van der Waals surface area contributed by atoms with Crippen molar-refractivity contribution in [2.24, 2.45) is 5.92 Å². The number of sulfone groups is 1. The maximum absolute atomic E-state index is 11.6. The highest BCUT2D eigenvalue weighted by molar-refractivity contribution is 7.91. The number of carbonyl (C=O) groups excluding carboxylic acids is 1. The number of nitrogens with zero attached hydrogens (tertiary/aromatic N) is 1. The van der Waals surface area contributed by atoms with Gasteiger partial charge in [0.25, 0.3) is 0 Å². The second kappa shape index (κ2) is 6.50. The molecular weight excluding hydrogens is 238 g/mol. The number of likely N-dealkylation sites (tertiary alicyclic amines) is 1. The molecule has 1 rings (SSSR count). The van der Waals surface area contributed by atoms with Crippen molar-refractivity contribution in [2.75, 3.05) is 31.1 Å². The first-order valence-corrected chi connectivity index (χ1v) is 8.26. The van der Waals surface area contributed by atoms with Crippen molar-refractivity contribution >= 4 is 15.6 Å². The van der Waals surface area contributed by atoms with Gasteiger partial charge in [-0.05, 0) is 12.8 Å². The topological polar surface area (TPSA) is 54.5 Å². The Morgan fingerprint density at radius 3 is 2.59 bits per heavy atom. The maximum atomic E-state index is 11.6. The first kappa shape index (κ1) is 14.6. The molecule has 0 amide bonds. The van der Waals surface area contributed by atoms with Crippen molar-refractivity contribution in [3.63, 3.8) is 0 Å². The molecule has 1 aliphatic heterocycles. The minimum absolute atomic E-state index is 0.109. The first-order valence-electron chi connectivity index (χ1n) is 6.44. The van der Waals surface area contributed by atoms with E-state index < -0.39 is 9.84 Å². The second-order valence-corrected chi connectivity index (χ2v) is 7.08. The molecule has 0 spiro atoms. The lowest BCUT2D eigenvalue weighted by molar-refractivity contribution is -0.126. The molecule has 0 aromatic rings. The van der Waals surface area contributed by atoms with E-state index in [1.165, 1.54) is 0 Å². The summed E-state index contributed by atoms with van der Waals surface area (Å²) in [6, 6.07) is 0. The number of hydrogen-bond donors (Lipinski definition) is 0. The van der Waals surface area contributed by atoms with E-state index in [9.17, 15) is 13.2 Å². The number of ketones is 1. The van der Waals surface area contributed by atoms with Gasteiger partial charge in [-0.15, -0.1) is 0 Å². The van der Waals surface area contributed by atoms with Gasteiger partial charge in [-0.2, -0.15) is 0 Å².